The molecule has 8 heteroatoms. The molecule has 0 amide bonds. The fourth-order valence-electron chi connectivity index (χ4n) is 2.73. The Morgan fingerprint density at radius 1 is 1.35 bits per heavy atom. The van der Waals surface area contributed by atoms with Crippen LogP contribution in [0.4, 0.5) is 0 Å². The fourth-order valence-corrected chi connectivity index (χ4v) is 2.94. The van der Waals surface area contributed by atoms with Crippen LogP contribution in [0.1, 0.15) is 18.3 Å². The fraction of sp³-hybridized carbons (Fsp3) is 0.583. The number of imidazole rings is 1. The van der Waals surface area contributed by atoms with E-state index < -0.39 is 0 Å². The first-order valence-electron chi connectivity index (χ1n) is 6.44. The topological polar surface area (TPSA) is 71.3 Å². The summed E-state index contributed by atoms with van der Waals surface area (Å²) in [6.45, 7) is 2.75. The van der Waals surface area contributed by atoms with E-state index in [4.69, 9.17) is 25.8 Å². The van der Waals surface area contributed by atoms with E-state index in [1.165, 1.54) is 0 Å². The number of aromatic nitrogens is 4. The highest BCUT2D eigenvalue weighted by molar-refractivity contribution is 6.28. The molecule has 0 radical (unpaired) electrons. The van der Waals surface area contributed by atoms with Gasteiger partial charge in [0.1, 0.15) is 24.6 Å². The third kappa shape index (κ3) is 1.89. The van der Waals surface area contributed by atoms with Crippen LogP contribution in [0, 0.1) is 6.92 Å². The van der Waals surface area contributed by atoms with Gasteiger partial charge in [0, 0.05) is 6.42 Å². The Morgan fingerprint density at radius 2 is 2.25 bits per heavy atom. The van der Waals surface area contributed by atoms with Gasteiger partial charge >= 0.3 is 0 Å². The van der Waals surface area contributed by atoms with Gasteiger partial charge in [-0.25, -0.2) is 9.97 Å². The van der Waals surface area contributed by atoms with Crippen molar-refractivity contribution in [1.82, 2.24) is 19.5 Å². The van der Waals surface area contributed by atoms with Gasteiger partial charge in [-0.1, -0.05) is 0 Å². The number of fused-ring (bicyclic) bond motifs is 2. The standard InChI is InChI=1S/C12H13ClN4O3/c1-6-10-11(16-12(13)15-6)17(4-14-10)9-2-7-8(20-9)3-18-5-19-7/h4,7-9H,2-3,5H2,1H3. The van der Waals surface area contributed by atoms with E-state index in [2.05, 4.69) is 15.0 Å². The molecule has 0 spiro atoms. The molecule has 3 atom stereocenters. The average Bonchev–Trinajstić information content (AvgIpc) is 3.00. The Morgan fingerprint density at radius 3 is 3.10 bits per heavy atom. The SMILES string of the molecule is Cc1nc(Cl)nc2c1ncn2C1CC2OCOCC2O1. The first-order valence-corrected chi connectivity index (χ1v) is 6.81. The monoisotopic (exact) mass is 296 g/mol. The molecule has 2 aromatic heterocycles. The van der Waals surface area contributed by atoms with Gasteiger partial charge in [-0.2, -0.15) is 4.98 Å². The number of hydrogen-bond donors (Lipinski definition) is 0. The summed E-state index contributed by atoms with van der Waals surface area (Å²) in [6.07, 6.45) is 2.32. The highest BCUT2D eigenvalue weighted by Gasteiger charge is 2.39. The van der Waals surface area contributed by atoms with Crippen molar-refractivity contribution in [2.45, 2.75) is 31.8 Å². The van der Waals surface area contributed by atoms with Gasteiger partial charge < -0.3 is 14.2 Å². The molecule has 2 aromatic rings. The van der Waals surface area contributed by atoms with Gasteiger partial charge in [-0.05, 0) is 18.5 Å². The minimum atomic E-state index is -0.165. The zero-order chi connectivity index (χ0) is 13.7. The maximum Gasteiger partial charge on any atom is 0.224 e. The van der Waals surface area contributed by atoms with E-state index in [0.717, 1.165) is 17.6 Å². The lowest BCUT2D eigenvalue weighted by molar-refractivity contribution is -0.182. The quantitative estimate of drug-likeness (QED) is 0.742. The van der Waals surface area contributed by atoms with Gasteiger partial charge in [0.05, 0.1) is 24.7 Å². The average molecular weight is 297 g/mol. The summed E-state index contributed by atoms with van der Waals surface area (Å²) in [6, 6.07) is 0. The van der Waals surface area contributed by atoms with Crippen molar-refractivity contribution in [2.75, 3.05) is 13.4 Å². The second-order valence-electron chi connectivity index (χ2n) is 4.96. The van der Waals surface area contributed by atoms with Gasteiger partial charge in [-0.15, -0.1) is 0 Å². The Kier molecular flexibility index (Phi) is 2.88. The maximum absolute atomic E-state index is 5.97. The van der Waals surface area contributed by atoms with Crippen LogP contribution in [-0.4, -0.2) is 45.1 Å². The molecule has 0 aromatic carbocycles. The van der Waals surface area contributed by atoms with Crippen LogP contribution < -0.4 is 0 Å². The molecule has 0 bridgehead atoms. The Labute approximate surface area is 119 Å². The van der Waals surface area contributed by atoms with Gasteiger partial charge in [0.15, 0.2) is 5.65 Å². The van der Waals surface area contributed by atoms with Gasteiger partial charge in [0.25, 0.3) is 0 Å². The van der Waals surface area contributed by atoms with Crippen molar-refractivity contribution in [2.24, 2.45) is 0 Å². The molecule has 2 aliphatic heterocycles. The molecule has 106 valence electrons. The van der Waals surface area contributed by atoms with E-state index in [1.807, 2.05) is 11.5 Å². The summed E-state index contributed by atoms with van der Waals surface area (Å²) >= 11 is 5.93. The molecule has 0 N–H and O–H groups in total. The predicted molar refractivity (Wildman–Crippen MR) is 69.3 cm³/mol. The molecule has 4 heterocycles. The van der Waals surface area contributed by atoms with Crippen LogP contribution in [0.2, 0.25) is 5.28 Å². The first-order chi connectivity index (χ1) is 9.72. The Bertz CT molecular complexity index is 647. The number of halogens is 1. The van der Waals surface area contributed by atoms with Crippen LogP contribution in [0.3, 0.4) is 0 Å². The molecule has 2 saturated heterocycles. The number of rotatable bonds is 1. The molecule has 2 aliphatic rings. The normalized spacial score (nSPS) is 29.8. The smallest absolute Gasteiger partial charge is 0.224 e. The largest absolute Gasteiger partial charge is 0.353 e. The zero-order valence-electron chi connectivity index (χ0n) is 10.8. The highest BCUT2D eigenvalue weighted by Crippen LogP contribution is 2.34. The number of ether oxygens (including phenoxy) is 3. The third-order valence-corrected chi connectivity index (χ3v) is 3.88. The molecular formula is C12H13ClN4O3. The van der Waals surface area contributed by atoms with Crippen molar-refractivity contribution in [3.63, 3.8) is 0 Å². The molecule has 20 heavy (non-hydrogen) atoms. The molecule has 3 unspecified atom stereocenters. The van der Waals surface area contributed by atoms with E-state index in [-0.39, 0.29) is 23.7 Å². The van der Waals surface area contributed by atoms with Crippen molar-refractivity contribution >= 4 is 22.8 Å². The van der Waals surface area contributed by atoms with Crippen molar-refractivity contribution in [3.8, 4) is 0 Å². The molecule has 4 rings (SSSR count). The van der Waals surface area contributed by atoms with Crippen LogP contribution in [0.25, 0.3) is 11.2 Å². The summed E-state index contributed by atoms with van der Waals surface area (Å²) in [4.78, 5) is 12.7. The molecule has 7 nitrogen and oxygen atoms in total. The van der Waals surface area contributed by atoms with Crippen molar-refractivity contribution < 1.29 is 14.2 Å². The second kappa shape index (κ2) is 4.63. The minimum Gasteiger partial charge on any atom is -0.353 e. The highest BCUT2D eigenvalue weighted by atomic mass is 35.5. The summed E-state index contributed by atoms with van der Waals surface area (Å²) in [5, 5.41) is 0.215. The predicted octanol–water partition coefficient (Wildman–Crippen LogP) is 1.45. The molecule has 0 aliphatic carbocycles. The lowest BCUT2D eigenvalue weighted by Gasteiger charge is -2.23. The van der Waals surface area contributed by atoms with E-state index in [1.54, 1.807) is 6.33 Å². The summed E-state index contributed by atoms with van der Waals surface area (Å²) in [5.41, 5.74) is 2.19. The minimum absolute atomic E-state index is 0.0374. The second-order valence-corrected chi connectivity index (χ2v) is 5.30. The lowest BCUT2D eigenvalue weighted by atomic mass is 10.2. The number of aryl methyl sites for hydroxylation is 1. The summed E-state index contributed by atoms with van der Waals surface area (Å²) < 4.78 is 18.7. The molecule has 2 fully saturated rings. The van der Waals surface area contributed by atoms with Crippen molar-refractivity contribution in [1.29, 1.82) is 0 Å². The van der Waals surface area contributed by atoms with Crippen LogP contribution in [-0.2, 0) is 14.2 Å². The van der Waals surface area contributed by atoms with Gasteiger partial charge in [-0.3, -0.25) is 4.57 Å². The lowest BCUT2D eigenvalue weighted by Crippen LogP contribution is -2.35. The summed E-state index contributed by atoms with van der Waals surface area (Å²) in [7, 11) is 0. The van der Waals surface area contributed by atoms with Crippen LogP contribution in [0.15, 0.2) is 6.33 Å². The Hall–Kier alpha value is -1.28. The zero-order valence-corrected chi connectivity index (χ0v) is 11.6. The third-order valence-electron chi connectivity index (χ3n) is 3.71. The van der Waals surface area contributed by atoms with E-state index in [0.29, 0.717) is 19.0 Å². The first kappa shape index (κ1) is 12.5. The number of nitrogens with zero attached hydrogens (tertiary/aromatic N) is 4. The van der Waals surface area contributed by atoms with E-state index >= 15 is 0 Å². The van der Waals surface area contributed by atoms with Gasteiger partial charge in [0.2, 0.25) is 5.28 Å². The van der Waals surface area contributed by atoms with E-state index in [9.17, 15) is 0 Å². The van der Waals surface area contributed by atoms with Crippen molar-refractivity contribution in [3.05, 3.63) is 17.3 Å². The molecule has 0 saturated carbocycles. The summed E-state index contributed by atoms with van der Waals surface area (Å²) in [5.74, 6) is 0. The van der Waals surface area contributed by atoms with Crippen LogP contribution in [0.5, 0.6) is 0 Å². The van der Waals surface area contributed by atoms with Crippen LogP contribution >= 0.6 is 11.6 Å². The maximum atomic E-state index is 5.97. The Balaban J connectivity index is 1.72. The molecular weight excluding hydrogens is 284 g/mol. The number of hydrogen-bond acceptors (Lipinski definition) is 6.